The number of aromatic nitrogens is 3. The van der Waals surface area contributed by atoms with Crippen LogP contribution in [0.4, 0.5) is 0 Å². The number of fused-ring (bicyclic) bond motifs is 2. The van der Waals surface area contributed by atoms with E-state index in [2.05, 4.69) is 25.4 Å². The number of nitrogens with zero attached hydrogens (tertiary/aromatic N) is 2. The van der Waals surface area contributed by atoms with E-state index in [0.717, 1.165) is 12.7 Å². The highest BCUT2D eigenvalue weighted by atomic mass is 32.2. The Kier molecular flexibility index (Phi) is 3.55. The minimum Gasteiger partial charge on any atom is -0.376 e. The number of amides is 1. The van der Waals surface area contributed by atoms with Crippen molar-refractivity contribution in [3.63, 3.8) is 0 Å². The van der Waals surface area contributed by atoms with Gasteiger partial charge in [-0.05, 0) is 24.6 Å². The topological polar surface area (TPSA) is 126 Å². The smallest absolute Gasteiger partial charge is 0.251 e. The minimum absolute atomic E-state index is 0.129. The first-order chi connectivity index (χ1) is 11.4. The maximum atomic E-state index is 12.5. The average molecular weight is 351 g/mol. The first-order valence-electron chi connectivity index (χ1n) is 7.63. The van der Waals surface area contributed by atoms with Crippen LogP contribution in [0.25, 0.3) is 11.0 Å². The summed E-state index contributed by atoms with van der Waals surface area (Å²) in [5.74, 6) is -0.139. The van der Waals surface area contributed by atoms with E-state index in [0.29, 0.717) is 23.2 Å². The molecule has 9 nitrogen and oxygen atoms in total. The SMILES string of the molecule is CS(=O)(=O)N[C@@H]1[C@@H](NC(=O)c2ccc3n[nH]nc3c2)[C@H]2CCO[C@H]21. The van der Waals surface area contributed by atoms with Gasteiger partial charge in [0, 0.05) is 18.1 Å². The van der Waals surface area contributed by atoms with E-state index in [1.54, 1.807) is 18.2 Å². The molecule has 1 aromatic carbocycles. The molecular weight excluding hydrogens is 334 g/mol. The van der Waals surface area contributed by atoms with Crippen LogP contribution in [0.3, 0.4) is 0 Å². The molecule has 2 fully saturated rings. The number of rotatable bonds is 4. The van der Waals surface area contributed by atoms with Gasteiger partial charge in [-0.2, -0.15) is 15.4 Å². The quantitative estimate of drug-likeness (QED) is 0.675. The molecule has 1 saturated heterocycles. The Labute approximate surface area is 138 Å². The van der Waals surface area contributed by atoms with Gasteiger partial charge in [0.15, 0.2) is 0 Å². The second-order valence-corrected chi connectivity index (χ2v) is 8.01. The van der Waals surface area contributed by atoms with Crippen molar-refractivity contribution in [3.05, 3.63) is 23.8 Å². The Morgan fingerprint density at radius 3 is 2.88 bits per heavy atom. The van der Waals surface area contributed by atoms with Crippen molar-refractivity contribution in [2.24, 2.45) is 5.92 Å². The zero-order chi connectivity index (χ0) is 16.9. The zero-order valence-electron chi connectivity index (χ0n) is 12.9. The number of ether oxygens (including phenoxy) is 1. The number of sulfonamides is 1. The number of carbonyl (C=O) groups excluding carboxylic acids is 1. The first-order valence-corrected chi connectivity index (χ1v) is 9.52. The van der Waals surface area contributed by atoms with Crippen LogP contribution >= 0.6 is 0 Å². The third kappa shape index (κ3) is 2.66. The predicted molar refractivity (Wildman–Crippen MR) is 84.8 cm³/mol. The second-order valence-electron chi connectivity index (χ2n) is 6.23. The highest BCUT2D eigenvalue weighted by Crippen LogP contribution is 2.39. The maximum Gasteiger partial charge on any atom is 0.251 e. The number of benzene rings is 1. The molecule has 2 aromatic rings. The van der Waals surface area contributed by atoms with Gasteiger partial charge in [-0.1, -0.05) is 0 Å². The monoisotopic (exact) mass is 351 g/mol. The number of H-pyrrole nitrogens is 1. The molecule has 2 aliphatic rings. The lowest BCUT2D eigenvalue weighted by Crippen LogP contribution is -2.70. The standard InChI is InChI=1S/C14H17N5O4S/c1-24(21,22)18-12-11(8-4-5-23-13(8)12)15-14(20)7-2-3-9-10(6-7)17-19-16-9/h2-3,6,8,11-13,18H,4-5H2,1H3,(H,15,20)(H,16,17,19)/t8-,11+,12-,13-/m1/s1. The molecule has 1 aliphatic heterocycles. The molecule has 1 aliphatic carbocycles. The molecule has 0 bridgehead atoms. The molecule has 2 heterocycles. The second kappa shape index (κ2) is 5.50. The molecule has 0 unspecified atom stereocenters. The lowest BCUT2D eigenvalue weighted by molar-refractivity contribution is -0.0194. The predicted octanol–water partition coefficient (Wildman–Crippen LogP) is -0.607. The summed E-state index contributed by atoms with van der Waals surface area (Å²) in [5.41, 5.74) is 1.73. The average Bonchev–Trinajstić information content (AvgIpc) is 3.15. The van der Waals surface area contributed by atoms with Crippen molar-refractivity contribution in [3.8, 4) is 0 Å². The van der Waals surface area contributed by atoms with Gasteiger partial charge in [-0.25, -0.2) is 13.1 Å². The molecule has 1 aromatic heterocycles. The number of nitrogens with one attached hydrogen (secondary N) is 3. The largest absolute Gasteiger partial charge is 0.376 e. The van der Waals surface area contributed by atoms with Crippen LogP contribution in [-0.4, -0.2) is 60.8 Å². The molecule has 4 rings (SSSR count). The Morgan fingerprint density at radius 1 is 1.29 bits per heavy atom. The lowest BCUT2D eigenvalue weighted by Gasteiger charge is -2.47. The summed E-state index contributed by atoms with van der Waals surface area (Å²) in [7, 11) is -3.38. The van der Waals surface area contributed by atoms with Crippen molar-refractivity contribution in [2.45, 2.75) is 24.6 Å². The summed E-state index contributed by atoms with van der Waals surface area (Å²) in [6.07, 6.45) is 1.73. The summed E-state index contributed by atoms with van der Waals surface area (Å²) < 4.78 is 31.2. The van der Waals surface area contributed by atoms with E-state index in [1.165, 1.54) is 0 Å². The Balaban J connectivity index is 1.53. The van der Waals surface area contributed by atoms with Crippen LogP contribution in [0.15, 0.2) is 18.2 Å². The molecular formula is C14H17N5O4S. The van der Waals surface area contributed by atoms with Crippen LogP contribution in [0.5, 0.6) is 0 Å². The molecule has 10 heteroatoms. The highest BCUT2D eigenvalue weighted by molar-refractivity contribution is 7.88. The molecule has 4 atom stereocenters. The molecule has 3 N–H and O–H groups in total. The molecule has 0 spiro atoms. The summed E-state index contributed by atoms with van der Waals surface area (Å²) in [4.78, 5) is 12.5. The summed E-state index contributed by atoms with van der Waals surface area (Å²) in [6.45, 7) is 0.578. The molecule has 1 amide bonds. The van der Waals surface area contributed by atoms with Gasteiger partial charge in [0.05, 0.1) is 24.4 Å². The number of hydrogen-bond donors (Lipinski definition) is 3. The van der Waals surface area contributed by atoms with E-state index in [9.17, 15) is 13.2 Å². The number of carbonyl (C=O) groups is 1. The normalized spacial score (nSPS) is 29.2. The van der Waals surface area contributed by atoms with E-state index in [1.807, 2.05) is 0 Å². The fraction of sp³-hybridized carbons (Fsp3) is 0.500. The van der Waals surface area contributed by atoms with E-state index < -0.39 is 16.1 Å². The third-order valence-corrected chi connectivity index (χ3v) is 5.31. The van der Waals surface area contributed by atoms with Crippen molar-refractivity contribution in [2.75, 3.05) is 12.9 Å². The molecule has 128 valence electrons. The van der Waals surface area contributed by atoms with Gasteiger partial charge < -0.3 is 10.1 Å². The molecule has 24 heavy (non-hydrogen) atoms. The van der Waals surface area contributed by atoms with Crippen molar-refractivity contribution in [1.82, 2.24) is 25.4 Å². The summed E-state index contributed by atoms with van der Waals surface area (Å²) in [5, 5.41) is 13.3. The van der Waals surface area contributed by atoms with Gasteiger partial charge in [0.2, 0.25) is 10.0 Å². The van der Waals surface area contributed by atoms with Gasteiger partial charge in [-0.3, -0.25) is 4.79 Å². The van der Waals surface area contributed by atoms with Crippen molar-refractivity contribution >= 4 is 27.0 Å². The fourth-order valence-corrected chi connectivity index (χ4v) is 4.28. The van der Waals surface area contributed by atoms with Crippen molar-refractivity contribution < 1.29 is 17.9 Å². The number of hydrogen-bond acceptors (Lipinski definition) is 6. The summed E-state index contributed by atoms with van der Waals surface area (Å²) >= 11 is 0. The minimum atomic E-state index is -3.38. The zero-order valence-corrected chi connectivity index (χ0v) is 13.7. The van der Waals surface area contributed by atoms with Crippen molar-refractivity contribution in [1.29, 1.82) is 0 Å². The lowest BCUT2D eigenvalue weighted by atomic mass is 9.72. The first kappa shape index (κ1) is 15.5. The van der Waals surface area contributed by atoms with Gasteiger partial charge in [0.25, 0.3) is 5.91 Å². The fourth-order valence-electron chi connectivity index (χ4n) is 3.51. The highest BCUT2D eigenvalue weighted by Gasteiger charge is 2.55. The molecule has 0 radical (unpaired) electrons. The van der Waals surface area contributed by atoms with Gasteiger partial charge in [0.1, 0.15) is 11.0 Å². The molecule has 1 saturated carbocycles. The van der Waals surface area contributed by atoms with E-state index in [4.69, 9.17) is 4.74 Å². The third-order valence-electron chi connectivity index (χ3n) is 4.61. The van der Waals surface area contributed by atoms with E-state index >= 15 is 0 Å². The van der Waals surface area contributed by atoms with Crippen LogP contribution in [0.2, 0.25) is 0 Å². The number of aromatic amines is 1. The Bertz CT molecular complexity index is 895. The summed E-state index contributed by atoms with van der Waals surface area (Å²) in [6, 6.07) is 4.30. The Morgan fingerprint density at radius 2 is 2.08 bits per heavy atom. The van der Waals surface area contributed by atoms with Gasteiger partial charge in [-0.15, -0.1) is 0 Å². The van der Waals surface area contributed by atoms with Crippen LogP contribution in [-0.2, 0) is 14.8 Å². The van der Waals surface area contributed by atoms with Crippen LogP contribution in [0, 0.1) is 5.92 Å². The Hall–Kier alpha value is -2.04. The van der Waals surface area contributed by atoms with Crippen LogP contribution < -0.4 is 10.0 Å². The maximum absolute atomic E-state index is 12.5. The van der Waals surface area contributed by atoms with Crippen LogP contribution in [0.1, 0.15) is 16.8 Å². The van der Waals surface area contributed by atoms with Gasteiger partial charge >= 0.3 is 0 Å². The van der Waals surface area contributed by atoms with E-state index in [-0.39, 0.29) is 24.0 Å².